The molecule has 0 aliphatic carbocycles. The van der Waals surface area contributed by atoms with Crippen LogP contribution in [-0.4, -0.2) is 32.8 Å². The summed E-state index contributed by atoms with van der Waals surface area (Å²) in [4.78, 5) is 31.4. The fourth-order valence-electron chi connectivity index (χ4n) is 3.52. The summed E-state index contributed by atoms with van der Waals surface area (Å²) in [5, 5.41) is 2.95. The average Bonchev–Trinajstić information content (AvgIpc) is 3.02. The van der Waals surface area contributed by atoms with Gasteiger partial charge in [-0.25, -0.2) is 0 Å². The number of rotatable bonds is 4. The number of hydrogen-bond acceptors (Lipinski definition) is 3. The van der Waals surface area contributed by atoms with E-state index in [1.165, 1.54) is 0 Å². The van der Waals surface area contributed by atoms with Crippen molar-refractivity contribution in [2.24, 2.45) is 0 Å². The molecule has 0 radical (unpaired) electrons. The molecule has 0 bridgehead atoms. The molecule has 1 aliphatic heterocycles. The highest BCUT2D eigenvalue weighted by Gasteiger charge is 2.23. The van der Waals surface area contributed by atoms with Crippen LogP contribution in [0.5, 0.6) is 0 Å². The number of carbonyl (C=O) groups is 2. The Kier molecular flexibility index (Phi) is 5.19. The van der Waals surface area contributed by atoms with E-state index in [1.807, 2.05) is 64.1 Å². The maximum atomic E-state index is 12.8. The molecule has 2 amide bonds. The standard InChI is InChI=1S/C22H22N4O2/c27-21(24-15-17-6-4-11-23-14-17)20-10-9-19-16-25(12-5-13-26(19)20)22(28)18-7-2-1-3-8-18/h1-4,6-11,14H,5,12-13,15-16H2,(H,24,27). The van der Waals surface area contributed by atoms with Gasteiger partial charge in [0.1, 0.15) is 5.69 Å². The maximum Gasteiger partial charge on any atom is 0.268 e. The lowest BCUT2D eigenvalue weighted by Gasteiger charge is -2.20. The van der Waals surface area contributed by atoms with Gasteiger partial charge < -0.3 is 14.8 Å². The first-order valence-electron chi connectivity index (χ1n) is 9.42. The van der Waals surface area contributed by atoms with Gasteiger partial charge in [-0.2, -0.15) is 0 Å². The first-order chi connectivity index (χ1) is 13.7. The van der Waals surface area contributed by atoms with Crippen LogP contribution in [0.4, 0.5) is 0 Å². The van der Waals surface area contributed by atoms with E-state index in [0.717, 1.165) is 24.2 Å². The zero-order valence-corrected chi connectivity index (χ0v) is 15.5. The van der Waals surface area contributed by atoms with Gasteiger partial charge in [-0.15, -0.1) is 0 Å². The predicted molar refractivity (Wildman–Crippen MR) is 106 cm³/mol. The van der Waals surface area contributed by atoms with E-state index >= 15 is 0 Å². The van der Waals surface area contributed by atoms with Crippen LogP contribution in [0.1, 0.15) is 38.5 Å². The van der Waals surface area contributed by atoms with E-state index in [4.69, 9.17) is 0 Å². The van der Waals surface area contributed by atoms with Gasteiger partial charge in [0.05, 0.1) is 6.54 Å². The average molecular weight is 374 g/mol. The third-order valence-electron chi connectivity index (χ3n) is 4.95. The minimum absolute atomic E-state index is 0.0258. The molecule has 142 valence electrons. The molecule has 0 spiro atoms. The van der Waals surface area contributed by atoms with Gasteiger partial charge in [0, 0.05) is 43.3 Å². The van der Waals surface area contributed by atoms with E-state index in [9.17, 15) is 9.59 Å². The lowest BCUT2D eigenvalue weighted by molar-refractivity contribution is 0.0745. The lowest BCUT2D eigenvalue weighted by Crippen LogP contribution is -2.30. The van der Waals surface area contributed by atoms with Crippen molar-refractivity contribution in [3.8, 4) is 0 Å². The molecule has 2 aromatic heterocycles. The van der Waals surface area contributed by atoms with E-state index in [-0.39, 0.29) is 11.8 Å². The van der Waals surface area contributed by atoms with Crippen molar-refractivity contribution < 1.29 is 9.59 Å². The summed E-state index contributed by atoms with van der Waals surface area (Å²) in [6.07, 6.45) is 4.26. The second-order valence-electron chi connectivity index (χ2n) is 6.85. The minimum atomic E-state index is -0.113. The lowest BCUT2D eigenvalue weighted by atomic mass is 10.2. The molecule has 0 unspecified atom stereocenters. The van der Waals surface area contributed by atoms with E-state index in [2.05, 4.69) is 10.3 Å². The Labute approximate surface area is 163 Å². The Bertz CT molecular complexity index is 967. The van der Waals surface area contributed by atoms with Crippen molar-refractivity contribution in [3.63, 3.8) is 0 Å². The zero-order chi connectivity index (χ0) is 19.3. The van der Waals surface area contributed by atoms with Crippen LogP contribution in [0.2, 0.25) is 0 Å². The van der Waals surface area contributed by atoms with Gasteiger partial charge in [0.25, 0.3) is 11.8 Å². The number of benzene rings is 1. The predicted octanol–water partition coefficient (Wildman–Crippen LogP) is 2.86. The highest BCUT2D eigenvalue weighted by Crippen LogP contribution is 2.19. The normalized spacial score (nSPS) is 13.5. The molecule has 0 saturated heterocycles. The summed E-state index contributed by atoms with van der Waals surface area (Å²) in [6, 6.07) is 16.9. The Morgan fingerprint density at radius 1 is 1.00 bits per heavy atom. The van der Waals surface area contributed by atoms with E-state index in [0.29, 0.717) is 30.9 Å². The van der Waals surface area contributed by atoms with Crippen LogP contribution in [-0.2, 0) is 19.6 Å². The van der Waals surface area contributed by atoms with Gasteiger partial charge in [-0.05, 0) is 42.3 Å². The molecule has 1 aliphatic rings. The van der Waals surface area contributed by atoms with E-state index < -0.39 is 0 Å². The molecule has 28 heavy (non-hydrogen) atoms. The summed E-state index contributed by atoms with van der Waals surface area (Å²) < 4.78 is 2.02. The molecule has 4 rings (SSSR count). The fourth-order valence-corrected chi connectivity index (χ4v) is 3.52. The summed E-state index contributed by atoms with van der Waals surface area (Å²) in [5.74, 6) is -0.0873. The van der Waals surface area contributed by atoms with Gasteiger partial charge in [-0.1, -0.05) is 24.3 Å². The molecule has 0 atom stereocenters. The molecule has 3 heterocycles. The molecule has 6 heteroatoms. The quantitative estimate of drug-likeness (QED) is 0.764. The second kappa shape index (κ2) is 8.08. The van der Waals surface area contributed by atoms with Crippen LogP contribution < -0.4 is 5.32 Å². The number of aromatic nitrogens is 2. The number of nitrogens with zero attached hydrogens (tertiary/aromatic N) is 3. The number of nitrogens with one attached hydrogen (secondary N) is 1. The zero-order valence-electron chi connectivity index (χ0n) is 15.5. The maximum absolute atomic E-state index is 12.8. The number of amides is 2. The van der Waals surface area contributed by atoms with Crippen LogP contribution in [0.15, 0.2) is 67.0 Å². The van der Waals surface area contributed by atoms with Crippen molar-refractivity contribution in [1.82, 2.24) is 19.8 Å². The molecular formula is C22H22N4O2. The largest absolute Gasteiger partial charge is 0.347 e. The Morgan fingerprint density at radius 3 is 2.64 bits per heavy atom. The smallest absolute Gasteiger partial charge is 0.268 e. The van der Waals surface area contributed by atoms with Crippen molar-refractivity contribution >= 4 is 11.8 Å². The molecule has 0 saturated carbocycles. The first-order valence-corrected chi connectivity index (χ1v) is 9.42. The number of carbonyl (C=O) groups excluding carboxylic acids is 2. The van der Waals surface area contributed by atoms with E-state index in [1.54, 1.807) is 12.4 Å². The highest BCUT2D eigenvalue weighted by molar-refractivity contribution is 5.94. The third kappa shape index (κ3) is 3.81. The van der Waals surface area contributed by atoms with Crippen LogP contribution in [0, 0.1) is 0 Å². The van der Waals surface area contributed by atoms with Gasteiger partial charge >= 0.3 is 0 Å². The molecule has 6 nitrogen and oxygen atoms in total. The molecular weight excluding hydrogens is 352 g/mol. The number of hydrogen-bond donors (Lipinski definition) is 1. The molecule has 1 aromatic carbocycles. The number of fused-ring (bicyclic) bond motifs is 1. The third-order valence-corrected chi connectivity index (χ3v) is 4.95. The van der Waals surface area contributed by atoms with Crippen LogP contribution in [0.25, 0.3) is 0 Å². The summed E-state index contributed by atoms with van der Waals surface area (Å²) in [6.45, 7) is 2.33. The van der Waals surface area contributed by atoms with Crippen molar-refractivity contribution in [2.75, 3.05) is 6.54 Å². The van der Waals surface area contributed by atoms with Crippen molar-refractivity contribution in [3.05, 3.63) is 89.5 Å². The Morgan fingerprint density at radius 2 is 1.86 bits per heavy atom. The summed E-state index contributed by atoms with van der Waals surface area (Å²) >= 11 is 0. The van der Waals surface area contributed by atoms with Crippen molar-refractivity contribution in [2.45, 2.75) is 26.1 Å². The van der Waals surface area contributed by atoms with Gasteiger partial charge in [-0.3, -0.25) is 14.6 Å². The topological polar surface area (TPSA) is 67.2 Å². The van der Waals surface area contributed by atoms with Crippen LogP contribution >= 0.6 is 0 Å². The minimum Gasteiger partial charge on any atom is -0.347 e. The fraction of sp³-hybridized carbons (Fsp3) is 0.227. The highest BCUT2D eigenvalue weighted by atomic mass is 16.2. The monoisotopic (exact) mass is 374 g/mol. The number of pyridine rings is 1. The molecule has 3 aromatic rings. The molecule has 1 N–H and O–H groups in total. The Balaban J connectivity index is 1.47. The van der Waals surface area contributed by atoms with Gasteiger partial charge in [0.15, 0.2) is 0 Å². The summed E-state index contributed by atoms with van der Waals surface area (Å²) in [5.41, 5.74) is 3.26. The Hall–Kier alpha value is -3.41. The van der Waals surface area contributed by atoms with Gasteiger partial charge in [0.2, 0.25) is 0 Å². The van der Waals surface area contributed by atoms with Crippen molar-refractivity contribution in [1.29, 1.82) is 0 Å². The first kappa shape index (κ1) is 18.0. The summed E-state index contributed by atoms with van der Waals surface area (Å²) in [7, 11) is 0. The molecule has 0 fully saturated rings. The van der Waals surface area contributed by atoms with Crippen LogP contribution in [0.3, 0.4) is 0 Å². The second-order valence-corrected chi connectivity index (χ2v) is 6.85. The SMILES string of the molecule is O=C(NCc1cccnc1)c1ccc2n1CCCN(C(=O)c1ccccc1)C2.